The van der Waals surface area contributed by atoms with E-state index >= 15 is 0 Å². The lowest BCUT2D eigenvalue weighted by Gasteiger charge is -2.07. The van der Waals surface area contributed by atoms with Crippen LogP contribution < -0.4 is 10.6 Å². The highest BCUT2D eigenvalue weighted by Gasteiger charge is 2.16. The van der Waals surface area contributed by atoms with E-state index in [2.05, 4.69) is 10.6 Å². The Labute approximate surface area is 173 Å². The SMILES string of the molecule is Cc1ccc(NC(=O)COC(=O)c2ccc(NC(=O)c3ccco3)s2)cc1[N+](=O)[O-]. The van der Waals surface area contributed by atoms with Gasteiger partial charge in [-0.25, -0.2) is 4.79 Å². The van der Waals surface area contributed by atoms with Crippen LogP contribution >= 0.6 is 11.3 Å². The Balaban J connectivity index is 1.52. The molecule has 0 aliphatic heterocycles. The summed E-state index contributed by atoms with van der Waals surface area (Å²) in [6.45, 7) is 1.00. The lowest BCUT2D eigenvalue weighted by Crippen LogP contribution is -2.20. The Bertz CT molecular complexity index is 1110. The molecule has 0 bridgehead atoms. The fourth-order valence-corrected chi connectivity index (χ4v) is 3.17. The minimum absolute atomic E-state index is 0.126. The number of aryl methyl sites for hydroxylation is 1. The van der Waals surface area contributed by atoms with E-state index < -0.39 is 29.3 Å². The summed E-state index contributed by atoms with van der Waals surface area (Å²) in [4.78, 5) is 46.6. The number of rotatable bonds is 7. The number of carbonyl (C=O) groups excluding carboxylic acids is 3. The van der Waals surface area contributed by atoms with Crippen LogP contribution in [0.25, 0.3) is 0 Å². The average Bonchev–Trinajstić information content (AvgIpc) is 3.39. The van der Waals surface area contributed by atoms with Gasteiger partial charge in [-0.3, -0.25) is 19.7 Å². The van der Waals surface area contributed by atoms with Crippen molar-refractivity contribution in [2.75, 3.05) is 17.2 Å². The van der Waals surface area contributed by atoms with Gasteiger partial charge < -0.3 is 19.8 Å². The summed E-state index contributed by atoms with van der Waals surface area (Å²) < 4.78 is 9.93. The first-order valence-electron chi connectivity index (χ1n) is 8.50. The predicted octanol–water partition coefficient (Wildman–Crippen LogP) is 3.61. The highest BCUT2D eigenvalue weighted by Crippen LogP contribution is 2.24. The average molecular weight is 429 g/mol. The maximum Gasteiger partial charge on any atom is 0.348 e. The molecule has 1 aromatic carbocycles. The maximum absolute atomic E-state index is 12.1. The van der Waals surface area contributed by atoms with Crippen LogP contribution in [0.1, 0.15) is 25.8 Å². The number of anilines is 2. The van der Waals surface area contributed by atoms with E-state index in [1.54, 1.807) is 13.0 Å². The normalized spacial score (nSPS) is 10.3. The summed E-state index contributed by atoms with van der Waals surface area (Å²) in [6, 6.07) is 10.3. The largest absolute Gasteiger partial charge is 0.459 e. The van der Waals surface area contributed by atoms with Crippen molar-refractivity contribution < 1.29 is 28.5 Å². The lowest BCUT2D eigenvalue weighted by molar-refractivity contribution is -0.385. The number of furan rings is 1. The monoisotopic (exact) mass is 429 g/mol. The number of benzene rings is 1. The summed E-state index contributed by atoms with van der Waals surface area (Å²) in [7, 11) is 0. The molecule has 3 rings (SSSR count). The zero-order chi connectivity index (χ0) is 21.7. The Kier molecular flexibility index (Phi) is 6.23. The summed E-state index contributed by atoms with van der Waals surface area (Å²) in [5, 5.41) is 16.4. The maximum atomic E-state index is 12.1. The quantitative estimate of drug-likeness (QED) is 0.332. The number of hydrogen-bond donors (Lipinski definition) is 2. The number of nitro groups is 1. The minimum atomic E-state index is -0.747. The number of esters is 1. The summed E-state index contributed by atoms with van der Waals surface area (Å²) >= 11 is 0.974. The van der Waals surface area contributed by atoms with Gasteiger partial charge in [-0.05, 0) is 37.3 Å². The molecule has 30 heavy (non-hydrogen) atoms. The third-order valence-corrected chi connectivity index (χ3v) is 4.79. The van der Waals surface area contributed by atoms with Crippen molar-refractivity contribution in [2.24, 2.45) is 0 Å². The molecule has 0 spiro atoms. The van der Waals surface area contributed by atoms with Crippen LogP contribution in [0.3, 0.4) is 0 Å². The number of nitrogens with one attached hydrogen (secondary N) is 2. The van der Waals surface area contributed by atoms with E-state index in [4.69, 9.17) is 9.15 Å². The van der Waals surface area contributed by atoms with Crippen molar-refractivity contribution in [1.29, 1.82) is 0 Å². The topological polar surface area (TPSA) is 141 Å². The van der Waals surface area contributed by atoms with Gasteiger partial charge in [0.2, 0.25) is 0 Å². The molecular weight excluding hydrogens is 414 g/mol. The second-order valence-electron chi connectivity index (χ2n) is 5.98. The molecule has 0 aliphatic rings. The fourth-order valence-electron chi connectivity index (χ4n) is 2.38. The smallest absolute Gasteiger partial charge is 0.348 e. The molecule has 0 saturated heterocycles. The Hall–Kier alpha value is -3.99. The molecule has 0 radical (unpaired) electrons. The molecule has 0 fully saturated rings. The highest BCUT2D eigenvalue weighted by atomic mass is 32.1. The van der Waals surface area contributed by atoms with Crippen LogP contribution in [0.15, 0.2) is 53.1 Å². The molecule has 0 aliphatic carbocycles. The van der Waals surface area contributed by atoms with Crippen LogP contribution in [-0.2, 0) is 9.53 Å². The van der Waals surface area contributed by atoms with Crippen molar-refractivity contribution >= 4 is 45.5 Å². The number of hydrogen-bond acceptors (Lipinski definition) is 8. The molecule has 0 unspecified atom stereocenters. The van der Waals surface area contributed by atoms with Gasteiger partial charge in [0.25, 0.3) is 17.5 Å². The lowest BCUT2D eigenvalue weighted by atomic mass is 10.2. The molecule has 0 saturated carbocycles. The van der Waals surface area contributed by atoms with Gasteiger partial charge in [-0.2, -0.15) is 0 Å². The third-order valence-electron chi connectivity index (χ3n) is 3.81. The second-order valence-corrected chi connectivity index (χ2v) is 7.06. The predicted molar refractivity (Wildman–Crippen MR) is 108 cm³/mol. The first-order chi connectivity index (χ1) is 14.3. The number of ether oxygens (including phenoxy) is 1. The fraction of sp³-hybridized carbons (Fsp3) is 0.105. The van der Waals surface area contributed by atoms with Gasteiger partial charge in [0.1, 0.15) is 4.88 Å². The van der Waals surface area contributed by atoms with E-state index in [1.807, 2.05) is 0 Å². The molecule has 2 heterocycles. The van der Waals surface area contributed by atoms with Gasteiger partial charge in [0, 0.05) is 17.3 Å². The molecule has 11 heteroatoms. The van der Waals surface area contributed by atoms with E-state index in [1.165, 1.54) is 42.7 Å². The van der Waals surface area contributed by atoms with E-state index in [-0.39, 0.29) is 22.0 Å². The van der Waals surface area contributed by atoms with E-state index in [0.29, 0.717) is 10.6 Å². The van der Waals surface area contributed by atoms with Crippen molar-refractivity contribution in [3.05, 3.63) is 75.0 Å². The third kappa shape index (κ3) is 5.08. The molecule has 0 atom stereocenters. The molecule has 3 aromatic rings. The van der Waals surface area contributed by atoms with Gasteiger partial charge in [-0.1, -0.05) is 6.07 Å². The van der Waals surface area contributed by atoms with E-state index in [0.717, 1.165) is 11.3 Å². The minimum Gasteiger partial charge on any atom is -0.459 e. The van der Waals surface area contributed by atoms with Gasteiger partial charge in [0.05, 0.1) is 16.2 Å². The van der Waals surface area contributed by atoms with Crippen molar-refractivity contribution in [2.45, 2.75) is 6.92 Å². The van der Waals surface area contributed by atoms with Crippen LogP contribution in [0.5, 0.6) is 0 Å². The molecule has 10 nitrogen and oxygen atoms in total. The van der Waals surface area contributed by atoms with Crippen molar-refractivity contribution in [3.63, 3.8) is 0 Å². The number of nitro benzene ring substituents is 1. The zero-order valence-corrected chi connectivity index (χ0v) is 16.4. The molecule has 154 valence electrons. The highest BCUT2D eigenvalue weighted by molar-refractivity contribution is 7.18. The number of amides is 2. The number of carbonyl (C=O) groups is 3. The summed E-state index contributed by atoms with van der Waals surface area (Å²) in [5.41, 5.74) is 0.539. The summed E-state index contributed by atoms with van der Waals surface area (Å²) in [5.74, 6) is -1.73. The van der Waals surface area contributed by atoms with Crippen LogP contribution in [0.4, 0.5) is 16.4 Å². The van der Waals surface area contributed by atoms with Crippen molar-refractivity contribution in [1.82, 2.24) is 0 Å². The van der Waals surface area contributed by atoms with Crippen LogP contribution in [-0.4, -0.2) is 29.3 Å². The first kappa shape index (κ1) is 20.7. The Morgan fingerprint density at radius 2 is 1.97 bits per heavy atom. The number of nitrogens with zero attached hydrogens (tertiary/aromatic N) is 1. The van der Waals surface area contributed by atoms with Gasteiger partial charge in [-0.15, -0.1) is 11.3 Å². The standard InChI is InChI=1S/C19H15N3O7S/c1-11-4-5-12(9-13(11)22(26)27)20-16(23)10-29-19(25)15-6-7-17(30-15)21-18(24)14-3-2-8-28-14/h2-9H,10H2,1H3,(H,20,23)(H,21,24). The Morgan fingerprint density at radius 1 is 1.17 bits per heavy atom. The number of thiophene rings is 1. The molecule has 2 amide bonds. The van der Waals surface area contributed by atoms with Gasteiger partial charge >= 0.3 is 5.97 Å². The first-order valence-corrected chi connectivity index (χ1v) is 9.32. The van der Waals surface area contributed by atoms with Crippen LogP contribution in [0, 0.1) is 17.0 Å². The second kappa shape index (κ2) is 9.01. The van der Waals surface area contributed by atoms with Crippen molar-refractivity contribution in [3.8, 4) is 0 Å². The van der Waals surface area contributed by atoms with E-state index in [9.17, 15) is 24.5 Å². The van der Waals surface area contributed by atoms with Gasteiger partial charge in [0.15, 0.2) is 12.4 Å². The Morgan fingerprint density at radius 3 is 2.67 bits per heavy atom. The molecular formula is C19H15N3O7S. The zero-order valence-electron chi connectivity index (χ0n) is 15.5. The van der Waals surface area contributed by atoms with Crippen LogP contribution in [0.2, 0.25) is 0 Å². The summed E-state index contributed by atoms with van der Waals surface area (Å²) in [6.07, 6.45) is 1.37. The molecule has 2 aromatic heterocycles. The molecule has 2 N–H and O–H groups in total.